The van der Waals surface area contributed by atoms with Gasteiger partial charge in [0.05, 0.1) is 6.61 Å². The van der Waals surface area contributed by atoms with E-state index in [9.17, 15) is 4.79 Å². The van der Waals surface area contributed by atoms with E-state index in [0.717, 1.165) is 0 Å². The van der Waals surface area contributed by atoms with Crippen molar-refractivity contribution in [3.05, 3.63) is 0 Å². The average molecular weight is 119 g/mol. The number of rotatable bonds is 0. The number of hydroxylamine groups is 1. The Morgan fingerprint density at radius 3 is 2.62 bits per heavy atom. The van der Waals surface area contributed by atoms with Gasteiger partial charge in [-0.25, -0.2) is 5.48 Å². The molecule has 0 aromatic rings. The van der Waals surface area contributed by atoms with Gasteiger partial charge in [0, 0.05) is 0 Å². The third-order valence-electron chi connectivity index (χ3n) is 0.772. The molecule has 6 N–H and O–H groups in total. The van der Waals surface area contributed by atoms with E-state index in [1.165, 1.54) is 0 Å². The number of hydrogen-bond acceptors (Lipinski definition) is 4. The van der Waals surface area contributed by atoms with Crippen LogP contribution in [0.5, 0.6) is 0 Å². The molecular weight excluding hydrogens is 110 g/mol. The lowest BCUT2D eigenvalue weighted by Crippen LogP contribution is -2.31. The second-order valence-electron chi connectivity index (χ2n) is 1.38. The van der Waals surface area contributed by atoms with Crippen LogP contribution in [-0.4, -0.2) is 18.6 Å². The van der Waals surface area contributed by atoms with Crippen molar-refractivity contribution in [1.29, 1.82) is 0 Å². The van der Waals surface area contributed by atoms with Crippen LogP contribution in [0.4, 0.5) is 0 Å². The molecule has 0 radical (unpaired) electrons. The monoisotopic (exact) mass is 119 g/mol. The first-order chi connectivity index (χ1) is 3.30. The Labute approximate surface area is 46.7 Å². The van der Waals surface area contributed by atoms with Gasteiger partial charge in [0.1, 0.15) is 6.04 Å². The van der Waals surface area contributed by atoms with Crippen molar-refractivity contribution >= 4 is 5.91 Å². The smallest absolute Gasteiger partial charge is 0.262 e. The Morgan fingerprint density at radius 1 is 1.88 bits per heavy atom. The molecule has 1 aliphatic rings. The summed E-state index contributed by atoms with van der Waals surface area (Å²) in [6.07, 6.45) is 0. The molecule has 8 heavy (non-hydrogen) atoms. The predicted molar refractivity (Wildman–Crippen MR) is 27.1 cm³/mol. The molecule has 1 saturated heterocycles. The second-order valence-corrected chi connectivity index (χ2v) is 1.38. The second kappa shape index (κ2) is 2.61. The van der Waals surface area contributed by atoms with Crippen molar-refractivity contribution in [3.8, 4) is 0 Å². The van der Waals surface area contributed by atoms with E-state index >= 15 is 0 Å². The van der Waals surface area contributed by atoms with E-state index in [2.05, 4.69) is 10.3 Å². The largest absolute Gasteiger partial charge is 0.344 e. The van der Waals surface area contributed by atoms with Gasteiger partial charge < -0.3 is 11.9 Å². The van der Waals surface area contributed by atoms with Crippen LogP contribution in [0.3, 0.4) is 0 Å². The van der Waals surface area contributed by atoms with Gasteiger partial charge >= 0.3 is 0 Å². The fourth-order valence-corrected chi connectivity index (χ4v) is 0.354. The van der Waals surface area contributed by atoms with Crippen molar-refractivity contribution in [1.82, 2.24) is 11.6 Å². The Hall–Kier alpha value is -0.650. The maximum Gasteiger partial charge on any atom is 0.262 e. The third kappa shape index (κ3) is 1.16. The Bertz CT molecular complexity index is 94.5. The maximum absolute atomic E-state index is 10.2. The molecule has 1 amide bonds. The first kappa shape index (κ1) is 7.35. The molecule has 1 heterocycles. The molecule has 5 nitrogen and oxygen atoms in total. The van der Waals surface area contributed by atoms with Crippen LogP contribution in [0.15, 0.2) is 0 Å². The van der Waals surface area contributed by atoms with Crippen LogP contribution in [0.1, 0.15) is 0 Å². The maximum atomic E-state index is 10.2. The van der Waals surface area contributed by atoms with E-state index in [4.69, 9.17) is 5.73 Å². The quantitative estimate of drug-likeness (QED) is 0.362. The molecule has 0 aliphatic carbocycles. The van der Waals surface area contributed by atoms with Crippen molar-refractivity contribution in [3.63, 3.8) is 0 Å². The van der Waals surface area contributed by atoms with Gasteiger partial charge in [-0.3, -0.25) is 9.63 Å². The van der Waals surface area contributed by atoms with E-state index < -0.39 is 6.04 Å². The summed E-state index contributed by atoms with van der Waals surface area (Å²) in [5.74, 6) is -0.236. The van der Waals surface area contributed by atoms with E-state index in [1.54, 1.807) is 0 Å². The van der Waals surface area contributed by atoms with Crippen molar-refractivity contribution in [2.45, 2.75) is 6.04 Å². The van der Waals surface area contributed by atoms with Gasteiger partial charge in [-0.1, -0.05) is 0 Å². The summed E-state index contributed by atoms with van der Waals surface area (Å²) in [5, 5.41) is 0. The summed E-state index contributed by atoms with van der Waals surface area (Å²) >= 11 is 0. The molecule has 1 aliphatic heterocycles. The molecule has 0 aromatic carbocycles. The summed E-state index contributed by atoms with van der Waals surface area (Å²) in [5.41, 5.74) is 7.25. The van der Waals surface area contributed by atoms with E-state index in [1.807, 2.05) is 0 Å². The molecule has 0 bridgehead atoms. The Morgan fingerprint density at radius 2 is 2.50 bits per heavy atom. The van der Waals surface area contributed by atoms with E-state index in [-0.39, 0.29) is 12.1 Å². The molecule has 48 valence electrons. The number of amides is 1. The van der Waals surface area contributed by atoms with Crippen molar-refractivity contribution in [2.75, 3.05) is 6.61 Å². The van der Waals surface area contributed by atoms with Gasteiger partial charge in [-0.15, -0.1) is 0 Å². The highest BCUT2D eigenvalue weighted by Crippen LogP contribution is 1.87. The molecule has 0 saturated carbocycles. The van der Waals surface area contributed by atoms with Gasteiger partial charge in [0.2, 0.25) is 0 Å². The van der Waals surface area contributed by atoms with Crippen molar-refractivity contribution in [2.24, 2.45) is 5.73 Å². The van der Waals surface area contributed by atoms with Crippen LogP contribution in [0.25, 0.3) is 0 Å². The zero-order valence-electron chi connectivity index (χ0n) is 4.39. The molecule has 0 unspecified atom stereocenters. The topological polar surface area (TPSA) is 99.3 Å². The number of nitrogens with one attached hydrogen (secondary N) is 1. The van der Waals surface area contributed by atoms with Gasteiger partial charge in [-0.05, 0) is 0 Å². The summed E-state index contributed by atoms with van der Waals surface area (Å²) in [7, 11) is 0. The summed E-state index contributed by atoms with van der Waals surface area (Å²) < 4.78 is 0. The fourth-order valence-electron chi connectivity index (χ4n) is 0.354. The van der Waals surface area contributed by atoms with Gasteiger partial charge in [-0.2, -0.15) is 0 Å². The lowest BCUT2D eigenvalue weighted by atomic mass is 10.3. The first-order valence-electron chi connectivity index (χ1n) is 1.98. The lowest BCUT2D eigenvalue weighted by Gasteiger charge is -1.87. The molecule has 1 rings (SSSR count). The minimum atomic E-state index is -0.458. The van der Waals surface area contributed by atoms with Crippen LogP contribution in [0, 0.1) is 0 Å². The zero-order valence-corrected chi connectivity index (χ0v) is 4.39. The van der Waals surface area contributed by atoms with Gasteiger partial charge in [0.25, 0.3) is 5.91 Å². The number of carbonyl (C=O) groups excluding carboxylic acids is 1. The Balaban J connectivity index is 0.000000490. The molecule has 1 atom stereocenters. The number of nitrogens with two attached hydrogens (primary N) is 1. The van der Waals surface area contributed by atoms with E-state index in [0.29, 0.717) is 6.61 Å². The van der Waals surface area contributed by atoms with Crippen LogP contribution in [-0.2, 0) is 9.63 Å². The molecule has 1 fully saturated rings. The fraction of sp³-hybridized carbons (Fsp3) is 0.667. The predicted octanol–water partition coefficient (Wildman–Crippen LogP) is -1.46. The average Bonchev–Trinajstić information content (AvgIpc) is 1.91. The first-order valence-corrected chi connectivity index (χ1v) is 1.98. The molecule has 0 aromatic heterocycles. The highest BCUT2D eigenvalue weighted by molar-refractivity contribution is 5.81. The van der Waals surface area contributed by atoms with Crippen LogP contribution < -0.4 is 17.4 Å². The SMILES string of the molecule is N.N[C@@H]1CONC1=O. The third-order valence-corrected chi connectivity index (χ3v) is 0.772. The van der Waals surface area contributed by atoms with Gasteiger partial charge in [0.15, 0.2) is 0 Å². The van der Waals surface area contributed by atoms with Crippen LogP contribution in [0.2, 0.25) is 0 Å². The molecular formula is C3H9N3O2. The highest BCUT2D eigenvalue weighted by atomic mass is 16.7. The standard InChI is InChI=1S/C3H6N2O2.H3N/c4-2-1-7-5-3(2)6;/h2H,1,4H2,(H,5,6);1H3/t2-;/m1./s1. The normalized spacial score (nSPS) is 26.6. The highest BCUT2D eigenvalue weighted by Gasteiger charge is 2.19. The minimum Gasteiger partial charge on any atom is -0.344 e. The molecule has 0 spiro atoms. The lowest BCUT2D eigenvalue weighted by molar-refractivity contribution is -0.124. The van der Waals surface area contributed by atoms with Crippen LogP contribution >= 0.6 is 0 Å². The summed E-state index contributed by atoms with van der Waals surface area (Å²) in [4.78, 5) is 14.7. The summed E-state index contributed by atoms with van der Waals surface area (Å²) in [6, 6.07) is -0.458. The molecule has 5 heteroatoms. The zero-order chi connectivity index (χ0) is 5.28. The summed E-state index contributed by atoms with van der Waals surface area (Å²) in [6.45, 7) is 0.291. The van der Waals surface area contributed by atoms with Crippen molar-refractivity contribution < 1.29 is 9.63 Å². The Kier molecular flexibility index (Phi) is 2.40. The number of carbonyl (C=O) groups is 1. The minimum absolute atomic E-state index is 0. The number of hydrogen-bond donors (Lipinski definition) is 3.